The van der Waals surface area contributed by atoms with Gasteiger partial charge in [-0.3, -0.25) is 10.1 Å². The van der Waals surface area contributed by atoms with Gasteiger partial charge in [-0.1, -0.05) is 0 Å². The van der Waals surface area contributed by atoms with Crippen LogP contribution >= 0.6 is 0 Å². The number of carbonyl (C=O) groups is 2. The van der Waals surface area contributed by atoms with Crippen LogP contribution in [0.5, 0.6) is 0 Å². The van der Waals surface area contributed by atoms with Gasteiger partial charge in [0, 0.05) is 19.9 Å². The van der Waals surface area contributed by atoms with E-state index < -0.39 is 6.09 Å². The minimum absolute atomic E-state index is 0.106. The number of hydrogen-bond donors (Lipinski definition) is 2. The fraction of sp³-hybridized carbons (Fsp3) is 0.500. The van der Waals surface area contributed by atoms with Gasteiger partial charge in [0.05, 0.1) is 0 Å². The number of rotatable bonds is 0. The average molecular weight is 171 g/mol. The van der Waals surface area contributed by atoms with E-state index in [1.54, 1.807) is 0 Å². The number of amidine groups is 1. The van der Waals surface area contributed by atoms with Crippen LogP contribution in [0.2, 0.25) is 0 Å². The Bertz CT molecular complexity index is 248. The van der Waals surface area contributed by atoms with Gasteiger partial charge in [-0.25, -0.2) is 9.80 Å². The monoisotopic (exact) mass is 171 g/mol. The van der Waals surface area contributed by atoms with Crippen LogP contribution < -0.4 is 5.32 Å². The number of carbonyl (C=O) groups excluding carboxylic acids is 1. The number of carboxylic acid groups (broad SMARTS) is 1. The molecule has 6 nitrogen and oxygen atoms in total. The SMILES string of the molecule is CN1N=C(NC(=O)O)CCC1=O. The van der Waals surface area contributed by atoms with Crippen LogP contribution in [0.1, 0.15) is 12.8 Å². The molecule has 0 bridgehead atoms. The van der Waals surface area contributed by atoms with Crippen LogP contribution in [-0.2, 0) is 4.79 Å². The van der Waals surface area contributed by atoms with Crippen molar-refractivity contribution in [2.24, 2.45) is 5.10 Å². The van der Waals surface area contributed by atoms with Crippen LogP contribution in [-0.4, -0.2) is 35.0 Å². The molecule has 1 aliphatic heterocycles. The van der Waals surface area contributed by atoms with E-state index in [0.29, 0.717) is 18.7 Å². The van der Waals surface area contributed by atoms with Crippen molar-refractivity contribution in [3.05, 3.63) is 0 Å². The van der Waals surface area contributed by atoms with Gasteiger partial charge >= 0.3 is 6.09 Å². The molecule has 2 N–H and O–H groups in total. The smallest absolute Gasteiger partial charge is 0.410 e. The van der Waals surface area contributed by atoms with Gasteiger partial charge in [-0.15, -0.1) is 0 Å². The van der Waals surface area contributed by atoms with Crippen LogP contribution in [0.3, 0.4) is 0 Å². The summed E-state index contributed by atoms with van der Waals surface area (Å²) in [5, 5.41) is 15.3. The molecule has 1 rings (SSSR count). The second-order valence-electron chi connectivity index (χ2n) is 2.39. The van der Waals surface area contributed by atoms with E-state index in [1.165, 1.54) is 7.05 Å². The lowest BCUT2D eigenvalue weighted by atomic mass is 10.2. The second kappa shape index (κ2) is 3.21. The number of hydrazone groups is 1. The van der Waals surface area contributed by atoms with Gasteiger partial charge in [0.1, 0.15) is 5.84 Å². The molecule has 0 aromatic heterocycles. The average Bonchev–Trinajstić information content (AvgIpc) is 1.96. The highest BCUT2D eigenvalue weighted by Gasteiger charge is 2.17. The van der Waals surface area contributed by atoms with Crippen LogP contribution in [0.25, 0.3) is 0 Å². The third-order valence-corrected chi connectivity index (χ3v) is 1.46. The molecule has 0 spiro atoms. The van der Waals surface area contributed by atoms with Gasteiger partial charge in [0.15, 0.2) is 0 Å². The zero-order valence-electron chi connectivity index (χ0n) is 6.57. The Morgan fingerprint density at radius 1 is 1.67 bits per heavy atom. The topological polar surface area (TPSA) is 82.0 Å². The Morgan fingerprint density at radius 2 is 2.33 bits per heavy atom. The molecule has 0 atom stereocenters. The van der Waals surface area contributed by atoms with Crippen molar-refractivity contribution in [1.29, 1.82) is 0 Å². The summed E-state index contributed by atoms with van der Waals surface area (Å²) in [6.45, 7) is 0. The quantitative estimate of drug-likeness (QED) is 0.530. The van der Waals surface area contributed by atoms with Crippen LogP contribution in [0, 0.1) is 0 Å². The third-order valence-electron chi connectivity index (χ3n) is 1.46. The van der Waals surface area contributed by atoms with E-state index in [9.17, 15) is 9.59 Å². The lowest BCUT2D eigenvalue weighted by Gasteiger charge is -2.18. The van der Waals surface area contributed by atoms with Crippen molar-refractivity contribution < 1.29 is 14.7 Å². The van der Waals surface area contributed by atoms with Crippen molar-refractivity contribution in [3.63, 3.8) is 0 Å². The van der Waals surface area contributed by atoms with Crippen molar-refractivity contribution in [2.75, 3.05) is 7.05 Å². The van der Waals surface area contributed by atoms with Crippen molar-refractivity contribution in [1.82, 2.24) is 10.3 Å². The number of hydrogen-bond acceptors (Lipinski definition) is 3. The highest BCUT2D eigenvalue weighted by Crippen LogP contribution is 2.04. The molecule has 6 heteroatoms. The van der Waals surface area contributed by atoms with E-state index in [-0.39, 0.29) is 5.91 Å². The van der Waals surface area contributed by atoms with Crippen molar-refractivity contribution >= 4 is 17.8 Å². The number of nitrogens with one attached hydrogen (secondary N) is 1. The summed E-state index contributed by atoms with van der Waals surface area (Å²) in [5.41, 5.74) is 0. The Labute approximate surface area is 68.9 Å². The Balaban J connectivity index is 2.62. The van der Waals surface area contributed by atoms with Gasteiger partial charge in [-0.2, -0.15) is 5.10 Å². The summed E-state index contributed by atoms with van der Waals surface area (Å²) in [6.07, 6.45) is -0.498. The summed E-state index contributed by atoms with van der Waals surface area (Å²) in [6, 6.07) is 0. The van der Waals surface area contributed by atoms with Gasteiger partial charge < -0.3 is 5.11 Å². The summed E-state index contributed by atoms with van der Waals surface area (Å²) in [7, 11) is 1.49. The summed E-state index contributed by atoms with van der Waals surface area (Å²) in [5.74, 6) is 0.204. The standard InChI is InChI=1S/C6H9N3O3/c1-9-5(10)3-2-4(8-9)7-6(11)12/h2-3H2,1H3,(H,7,8)(H,11,12). The fourth-order valence-electron chi connectivity index (χ4n) is 0.885. The van der Waals surface area contributed by atoms with E-state index in [2.05, 4.69) is 10.4 Å². The van der Waals surface area contributed by atoms with Gasteiger partial charge in [0.2, 0.25) is 5.91 Å². The van der Waals surface area contributed by atoms with E-state index in [1.807, 2.05) is 0 Å². The molecule has 12 heavy (non-hydrogen) atoms. The van der Waals surface area contributed by atoms with Crippen LogP contribution in [0.4, 0.5) is 4.79 Å². The summed E-state index contributed by atoms with van der Waals surface area (Å²) in [4.78, 5) is 21.0. The molecule has 0 aromatic carbocycles. The molecule has 0 saturated carbocycles. The predicted octanol–water partition coefficient (Wildman–Crippen LogP) is -0.180. The zero-order chi connectivity index (χ0) is 9.14. The van der Waals surface area contributed by atoms with E-state index in [0.717, 1.165) is 5.01 Å². The minimum atomic E-state index is -1.16. The molecule has 0 unspecified atom stereocenters. The van der Waals surface area contributed by atoms with Crippen molar-refractivity contribution in [3.8, 4) is 0 Å². The largest absolute Gasteiger partial charge is 0.465 e. The molecule has 66 valence electrons. The normalized spacial score (nSPS) is 17.2. The minimum Gasteiger partial charge on any atom is -0.465 e. The third kappa shape index (κ3) is 1.94. The lowest BCUT2D eigenvalue weighted by molar-refractivity contribution is -0.130. The Kier molecular flexibility index (Phi) is 2.27. The highest BCUT2D eigenvalue weighted by molar-refractivity contribution is 5.98. The second-order valence-corrected chi connectivity index (χ2v) is 2.39. The highest BCUT2D eigenvalue weighted by atomic mass is 16.4. The Morgan fingerprint density at radius 3 is 2.83 bits per heavy atom. The first-order valence-corrected chi connectivity index (χ1v) is 3.43. The fourth-order valence-corrected chi connectivity index (χ4v) is 0.885. The maximum atomic E-state index is 10.9. The molecule has 0 radical (unpaired) electrons. The van der Waals surface area contributed by atoms with Crippen molar-refractivity contribution in [2.45, 2.75) is 12.8 Å². The molecule has 1 heterocycles. The summed E-state index contributed by atoms with van der Waals surface area (Å²) >= 11 is 0. The molecular weight excluding hydrogens is 162 g/mol. The lowest BCUT2D eigenvalue weighted by Crippen LogP contribution is -2.37. The maximum Gasteiger partial charge on any atom is 0.410 e. The first-order valence-electron chi connectivity index (χ1n) is 3.43. The molecule has 0 saturated heterocycles. The van der Waals surface area contributed by atoms with E-state index in [4.69, 9.17) is 5.11 Å². The molecule has 0 fully saturated rings. The number of nitrogens with zero attached hydrogens (tertiary/aromatic N) is 2. The zero-order valence-corrected chi connectivity index (χ0v) is 6.57. The molecule has 2 amide bonds. The molecule has 1 aliphatic rings. The first kappa shape index (κ1) is 8.51. The van der Waals surface area contributed by atoms with Gasteiger partial charge in [-0.05, 0) is 0 Å². The molecular formula is C6H9N3O3. The van der Waals surface area contributed by atoms with Crippen LogP contribution in [0.15, 0.2) is 5.10 Å². The molecule has 0 aromatic rings. The first-order chi connectivity index (χ1) is 5.59. The van der Waals surface area contributed by atoms with Gasteiger partial charge in [0.25, 0.3) is 0 Å². The maximum absolute atomic E-state index is 10.9. The summed E-state index contributed by atoms with van der Waals surface area (Å²) < 4.78 is 0. The van der Waals surface area contributed by atoms with E-state index >= 15 is 0 Å². The Hall–Kier alpha value is -1.59. The molecule has 0 aliphatic carbocycles. The number of amides is 2. The predicted molar refractivity (Wildman–Crippen MR) is 40.6 cm³/mol.